The number of nitrogens with zero attached hydrogens (tertiary/aromatic N) is 4. The SMILES string of the molecule is Cc1nc(N2C[C@@H](CC(=O)Nc3cccc(-c4cnc[nH]4)c3)C[C@@H]2C(=O)O)c2oc3ccccc3c2n1. The van der Waals surface area contributed by atoms with Gasteiger partial charge in [-0.3, -0.25) is 4.79 Å². The molecule has 3 N–H and O–H groups in total. The molecule has 1 fully saturated rings. The fourth-order valence-electron chi connectivity index (χ4n) is 5.07. The number of rotatable bonds is 6. The van der Waals surface area contributed by atoms with Gasteiger partial charge >= 0.3 is 5.97 Å². The second-order valence-corrected chi connectivity index (χ2v) is 9.28. The minimum atomic E-state index is -0.962. The quantitative estimate of drug-likeness (QED) is 0.315. The summed E-state index contributed by atoms with van der Waals surface area (Å²) in [4.78, 5) is 43.1. The number of aryl methyl sites for hydroxylation is 1. The number of para-hydroxylation sites is 1. The third-order valence-corrected chi connectivity index (χ3v) is 6.69. The largest absolute Gasteiger partial charge is 0.480 e. The smallest absolute Gasteiger partial charge is 0.326 e. The van der Waals surface area contributed by atoms with Gasteiger partial charge in [0.05, 0.1) is 18.2 Å². The Morgan fingerprint density at radius 2 is 2.05 bits per heavy atom. The summed E-state index contributed by atoms with van der Waals surface area (Å²) in [6, 6.07) is 14.2. The Hall–Kier alpha value is -4.73. The van der Waals surface area contributed by atoms with Crippen LogP contribution in [0.1, 0.15) is 18.7 Å². The molecular formula is C27H24N6O4. The molecule has 1 amide bonds. The van der Waals surface area contributed by atoms with E-state index in [1.54, 1.807) is 24.3 Å². The summed E-state index contributed by atoms with van der Waals surface area (Å²) < 4.78 is 6.07. The zero-order valence-corrected chi connectivity index (χ0v) is 20.0. The number of imidazole rings is 1. The van der Waals surface area contributed by atoms with Crippen molar-refractivity contribution < 1.29 is 19.1 Å². The van der Waals surface area contributed by atoms with Crippen molar-refractivity contribution in [1.82, 2.24) is 19.9 Å². The van der Waals surface area contributed by atoms with E-state index in [0.29, 0.717) is 47.0 Å². The summed E-state index contributed by atoms with van der Waals surface area (Å²) in [5, 5.41) is 13.8. The lowest BCUT2D eigenvalue weighted by molar-refractivity contribution is -0.138. The number of amides is 1. The van der Waals surface area contributed by atoms with Crippen LogP contribution in [0.15, 0.2) is 65.5 Å². The van der Waals surface area contributed by atoms with E-state index in [9.17, 15) is 14.7 Å². The Morgan fingerprint density at radius 1 is 1.19 bits per heavy atom. The van der Waals surface area contributed by atoms with Crippen molar-refractivity contribution in [3.8, 4) is 11.3 Å². The molecule has 0 saturated carbocycles. The van der Waals surface area contributed by atoms with Gasteiger partial charge in [0, 0.05) is 29.6 Å². The zero-order valence-electron chi connectivity index (χ0n) is 20.0. The van der Waals surface area contributed by atoms with Gasteiger partial charge in [0.2, 0.25) is 5.91 Å². The summed E-state index contributed by atoms with van der Waals surface area (Å²) in [6.45, 7) is 2.14. The number of carbonyl (C=O) groups excluding carboxylic acids is 1. The molecule has 6 rings (SSSR count). The first-order valence-electron chi connectivity index (χ1n) is 12.0. The lowest BCUT2D eigenvalue weighted by Crippen LogP contribution is -2.36. The summed E-state index contributed by atoms with van der Waals surface area (Å²) in [7, 11) is 0. The van der Waals surface area contributed by atoms with Gasteiger partial charge in [-0.25, -0.2) is 19.7 Å². The molecule has 1 aliphatic heterocycles. The number of aliphatic carboxylic acids is 1. The highest BCUT2D eigenvalue weighted by atomic mass is 16.4. The Labute approximate surface area is 211 Å². The highest BCUT2D eigenvalue weighted by molar-refractivity contribution is 6.06. The van der Waals surface area contributed by atoms with E-state index < -0.39 is 12.0 Å². The van der Waals surface area contributed by atoms with Gasteiger partial charge in [-0.2, -0.15) is 0 Å². The average Bonchev–Trinajstić information content (AvgIpc) is 3.63. The number of aromatic nitrogens is 4. The van der Waals surface area contributed by atoms with E-state index in [-0.39, 0.29) is 18.2 Å². The first-order valence-corrected chi connectivity index (χ1v) is 12.0. The van der Waals surface area contributed by atoms with Crippen molar-refractivity contribution in [2.24, 2.45) is 5.92 Å². The lowest BCUT2D eigenvalue weighted by Gasteiger charge is -2.22. The van der Waals surface area contributed by atoms with Crippen molar-refractivity contribution in [3.63, 3.8) is 0 Å². The van der Waals surface area contributed by atoms with Crippen LogP contribution in [0, 0.1) is 12.8 Å². The molecule has 0 aliphatic carbocycles. The number of carboxylic acids is 1. The maximum absolute atomic E-state index is 12.9. The van der Waals surface area contributed by atoms with Crippen molar-refractivity contribution in [2.75, 3.05) is 16.8 Å². The van der Waals surface area contributed by atoms with Crippen LogP contribution < -0.4 is 10.2 Å². The van der Waals surface area contributed by atoms with Crippen LogP contribution in [0.5, 0.6) is 0 Å². The van der Waals surface area contributed by atoms with Crippen LogP contribution in [-0.2, 0) is 9.59 Å². The van der Waals surface area contributed by atoms with Crippen LogP contribution in [0.25, 0.3) is 33.3 Å². The molecule has 10 heteroatoms. The molecule has 2 aromatic carbocycles. The maximum Gasteiger partial charge on any atom is 0.326 e. The number of furan rings is 1. The molecule has 37 heavy (non-hydrogen) atoms. The Bertz CT molecular complexity index is 1630. The highest BCUT2D eigenvalue weighted by Gasteiger charge is 2.40. The zero-order chi connectivity index (χ0) is 25.5. The number of carbonyl (C=O) groups is 2. The van der Waals surface area contributed by atoms with Gasteiger partial charge in [0.1, 0.15) is 23.0 Å². The Kier molecular flexibility index (Phi) is 5.56. The van der Waals surface area contributed by atoms with Crippen LogP contribution in [0.4, 0.5) is 11.5 Å². The highest BCUT2D eigenvalue weighted by Crippen LogP contribution is 2.37. The fourth-order valence-corrected chi connectivity index (χ4v) is 5.07. The number of hydrogen-bond acceptors (Lipinski definition) is 7. The molecule has 5 aromatic rings. The van der Waals surface area contributed by atoms with Crippen LogP contribution >= 0.6 is 0 Å². The van der Waals surface area contributed by atoms with Crippen LogP contribution in [0.3, 0.4) is 0 Å². The number of aromatic amines is 1. The first-order chi connectivity index (χ1) is 18.0. The predicted octanol–water partition coefficient (Wildman–Crippen LogP) is 4.38. The second kappa shape index (κ2) is 9.05. The van der Waals surface area contributed by atoms with Gasteiger partial charge in [-0.15, -0.1) is 0 Å². The topological polar surface area (TPSA) is 137 Å². The van der Waals surface area contributed by atoms with E-state index in [4.69, 9.17) is 4.42 Å². The predicted molar refractivity (Wildman–Crippen MR) is 138 cm³/mol. The van der Waals surface area contributed by atoms with Gasteiger partial charge < -0.3 is 24.7 Å². The van der Waals surface area contributed by atoms with Gasteiger partial charge in [0.15, 0.2) is 11.4 Å². The molecule has 4 heterocycles. The monoisotopic (exact) mass is 496 g/mol. The minimum Gasteiger partial charge on any atom is -0.480 e. The fraction of sp³-hybridized carbons (Fsp3) is 0.222. The van der Waals surface area contributed by atoms with Crippen molar-refractivity contribution >= 4 is 45.5 Å². The molecule has 186 valence electrons. The van der Waals surface area contributed by atoms with Crippen molar-refractivity contribution in [1.29, 1.82) is 0 Å². The van der Waals surface area contributed by atoms with Crippen LogP contribution in [0.2, 0.25) is 0 Å². The molecule has 10 nitrogen and oxygen atoms in total. The minimum absolute atomic E-state index is 0.174. The number of anilines is 2. The number of H-pyrrole nitrogens is 1. The lowest BCUT2D eigenvalue weighted by atomic mass is 10.0. The summed E-state index contributed by atoms with van der Waals surface area (Å²) in [5.41, 5.74) is 4.20. The standard InChI is InChI=1S/C27H24N6O4/c1-15-30-24-19-7-2-3-8-22(19)37-25(24)26(31-15)33-13-16(9-21(33)27(35)36)10-23(34)32-18-6-4-5-17(11-18)20-12-28-14-29-20/h2-8,11-12,14,16,21H,9-10,13H2,1H3,(H,28,29)(H,32,34)(H,35,36)/t16-,21-/m1/s1. The number of hydrogen-bond donors (Lipinski definition) is 3. The third-order valence-electron chi connectivity index (χ3n) is 6.69. The molecule has 0 bridgehead atoms. The second-order valence-electron chi connectivity index (χ2n) is 9.28. The summed E-state index contributed by atoms with van der Waals surface area (Å²) in [5.74, 6) is -0.342. The molecule has 2 atom stereocenters. The molecule has 0 spiro atoms. The first kappa shape index (κ1) is 22.7. The molecule has 0 unspecified atom stereocenters. The molecular weight excluding hydrogens is 472 g/mol. The number of benzene rings is 2. The summed E-state index contributed by atoms with van der Waals surface area (Å²) in [6.07, 6.45) is 3.82. The van der Waals surface area contributed by atoms with E-state index in [1.165, 1.54) is 0 Å². The number of fused-ring (bicyclic) bond motifs is 3. The average molecular weight is 497 g/mol. The number of nitrogens with one attached hydrogen (secondary N) is 2. The van der Waals surface area contributed by atoms with Gasteiger partial charge in [-0.1, -0.05) is 24.3 Å². The molecule has 0 radical (unpaired) electrons. The van der Waals surface area contributed by atoms with E-state index >= 15 is 0 Å². The molecule has 1 aliphatic rings. The third kappa shape index (κ3) is 4.26. The molecule has 3 aromatic heterocycles. The van der Waals surface area contributed by atoms with Gasteiger partial charge in [0.25, 0.3) is 0 Å². The van der Waals surface area contributed by atoms with Crippen molar-refractivity contribution in [3.05, 3.63) is 66.9 Å². The van der Waals surface area contributed by atoms with E-state index in [1.807, 2.05) is 48.5 Å². The molecule has 1 saturated heterocycles. The maximum atomic E-state index is 12.9. The van der Waals surface area contributed by atoms with Crippen molar-refractivity contribution in [2.45, 2.75) is 25.8 Å². The Balaban J connectivity index is 1.24. The van der Waals surface area contributed by atoms with E-state index in [2.05, 4.69) is 25.3 Å². The normalized spacial score (nSPS) is 17.5. The Morgan fingerprint density at radius 3 is 2.86 bits per heavy atom. The van der Waals surface area contributed by atoms with Gasteiger partial charge in [-0.05, 0) is 43.5 Å². The summed E-state index contributed by atoms with van der Waals surface area (Å²) >= 11 is 0. The van der Waals surface area contributed by atoms with Crippen LogP contribution in [-0.4, -0.2) is 49.5 Å². The van der Waals surface area contributed by atoms with E-state index in [0.717, 1.165) is 16.6 Å². The number of carboxylic acid groups (broad SMARTS) is 1.